The Balaban J connectivity index is 1.75. The van der Waals surface area contributed by atoms with Crippen molar-refractivity contribution in [3.63, 3.8) is 0 Å². The van der Waals surface area contributed by atoms with Crippen molar-refractivity contribution in [2.24, 2.45) is 17.8 Å². The molecule has 1 heterocycles. The minimum Gasteiger partial charge on any atom is -0.481 e. The van der Waals surface area contributed by atoms with Crippen molar-refractivity contribution in [2.75, 3.05) is 13.1 Å². The molecule has 1 aliphatic heterocycles. The second-order valence-electron chi connectivity index (χ2n) is 6.85. The van der Waals surface area contributed by atoms with Crippen LogP contribution in [0.15, 0.2) is 24.3 Å². The monoisotopic (exact) mass is 355 g/mol. The van der Waals surface area contributed by atoms with Gasteiger partial charge in [0.1, 0.15) is 5.82 Å². The van der Waals surface area contributed by atoms with Gasteiger partial charge in [-0.1, -0.05) is 37.8 Å². The van der Waals surface area contributed by atoms with E-state index < -0.39 is 27.7 Å². The van der Waals surface area contributed by atoms with Gasteiger partial charge >= 0.3 is 5.97 Å². The number of nitrogens with zero attached hydrogens (tertiary/aromatic N) is 1. The normalized spacial score (nSPS) is 26.0. The fourth-order valence-electron chi connectivity index (χ4n) is 4.03. The number of halogens is 1. The molecule has 3 rings (SSSR count). The van der Waals surface area contributed by atoms with Crippen molar-refractivity contribution < 1.29 is 22.7 Å². The van der Waals surface area contributed by atoms with Crippen LogP contribution in [0.3, 0.4) is 0 Å². The van der Waals surface area contributed by atoms with Crippen LogP contribution in [0.2, 0.25) is 0 Å². The van der Waals surface area contributed by atoms with Crippen molar-refractivity contribution >= 4 is 16.0 Å². The van der Waals surface area contributed by atoms with Crippen LogP contribution in [0.4, 0.5) is 4.39 Å². The largest absolute Gasteiger partial charge is 0.481 e. The molecule has 1 saturated heterocycles. The minimum absolute atomic E-state index is 0.0417. The van der Waals surface area contributed by atoms with Crippen LogP contribution in [0.1, 0.15) is 31.2 Å². The highest BCUT2D eigenvalue weighted by molar-refractivity contribution is 7.88. The first-order valence-electron chi connectivity index (χ1n) is 8.32. The Morgan fingerprint density at radius 2 is 1.79 bits per heavy atom. The summed E-state index contributed by atoms with van der Waals surface area (Å²) in [5.41, 5.74) is 0.507. The lowest BCUT2D eigenvalue weighted by atomic mass is 9.83. The first-order valence-corrected chi connectivity index (χ1v) is 9.93. The van der Waals surface area contributed by atoms with E-state index in [9.17, 15) is 22.7 Å². The topological polar surface area (TPSA) is 74.7 Å². The zero-order chi connectivity index (χ0) is 17.3. The lowest BCUT2D eigenvalue weighted by molar-refractivity contribution is -0.143. The van der Waals surface area contributed by atoms with Gasteiger partial charge in [-0.05, 0) is 29.5 Å². The molecule has 0 unspecified atom stereocenters. The van der Waals surface area contributed by atoms with Gasteiger partial charge in [0.2, 0.25) is 10.0 Å². The molecule has 0 radical (unpaired) electrons. The molecule has 1 saturated carbocycles. The van der Waals surface area contributed by atoms with Crippen molar-refractivity contribution in [1.82, 2.24) is 4.31 Å². The first-order chi connectivity index (χ1) is 11.4. The molecule has 0 bridgehead atoms. The van der Waals surface area contributed by atoms with Crippen LogP contribution in [0.25, 0.3) is 0 Å². The average molecular weight is 355 g/mol. The molecular formula is C17H22FNO4S. The van der Waals surface area contributed by atoms with Crippen LogP contribution >= 0.6 is 0 Å². The predicted octanol–water partition coefficient (Wildman–Crippen LogP) is 2.48. The highest BCUT2D eigenvalue weighted by Gasteiger charge is 2.45. The molecule has 0 spiro atoms. The van der Waals surface area contributed by atoms with Crippen molar-refractivity contribution in [3.8, 4) is 0 Å². The molecule has 1 aliphatic carbocycles. The molecule has 132 valence electrons. The van der Waals surface area contributed by atoms with Gasteiger partial charge in [-0.15, -0.1) is 0 Å². The number of carboxylic acid groups (broad SMARTS) is 1. The number of sulfonamides is 1. The summed E-state index contributed by atoms with van der Waals surface area (Å²) >= 11 is 0. The van der Waals surface area contributed by atoms with Crippen LogP contribution in [0.5, 0.6) is 0 Å². The molecule has 24 heavy (non-hydrogen) atoms. The third kappa shape index (κ3) is 3.62. The Morgan fingerprint density at radius 3 is 2.38 bits per heavy atom. The first kappa shape index (κ1) is 17.4. The molecule has 5 nitrogen and oxygen atoms in total. The molecule has 1 aromatic carbocycles. The second-order valence-corrected chi connectivity index (χ2v) is 8.82. The molecule has 1 N–H and O–H groups in total. The number of hydrogen-bond acceptors (Lipinski definition) is 3. The van der Waals surface area contributed by atoms with Crippen molar-refractivity contribution in [2.45, 2.75) is 31.4 Å². The van der Waals surface area contributed by atoms with E-state index in [0.29, 0.717) is 11.5 Å². The number of hydrogen-bond donors (Lipinski definition) is 1. The van der Waals surface area contributed by atoms with E-state index in [-0.39, 0.29) is 24.8 Å². The molecular weight excluding hydrogens is 333 g/mol. The van der Waals surface area contributed by atoms with E-state index >= 15 is 0 Å². The summed E-state index contributed by atoms with van der Waals surface area (Å²) in [6, 6.07) is 5.37. The van der Waals surface area contributed by atoms with E-state index in [4.69, 9.17) is 0 Å². The number of benzene rings is 1. The van der Waals surface area contributed by atoms with E-state index in [0.717, 1.165) is 25.7 Å². The molecule has 0 aromatic heterocycles. The summed E-state index contributed by atoms with van der Waals surface area (Å²) in [5.74, 6) is -1.98. The maximum Gasteiger partial charge on any atom is 0.308 e. The fraction of sp³-hybridized carbons (Fsp3) is 0.588. The zero-order valence-electron chi connectivity index (χ0n) is 13.4. The molecule has 2 fully saturated rings. The standard InChI is InChI=1S/C17H22FNO4S/c18-14-7-5-12(6-8-14)11-24(22,23)19-9-15(13-3-1-2-4-13)16(10-19)17(20)21/h5-8,13,15-16H,1-4,9-11H2,(H,20,21)/t15-,16+/m0/s1. The Kier molecular flexibility index (Phi) is 4.92. The SMILES string of the molecule is O=C(O)[C@@H]1CN(S(=O)(=O)Cc2ccc(F)cc2)C[C@H]1C1CCCC1. The van der Waals surface area contributed by atoms with Crippen LogP contribution in [-0.4, -0.2) is 36.9 Å². The van der Waals surface area contributed by atoms with E-state index in [2.05, 4.69) is 0 Å². The summed E-state index contributed by atoms with van der Waals surface area (Å²) in [4.78, 5) is 11.6. The van der Waals surface area contributed by atoms with Gasteiger partial charge in [-0.25, -0.2) is 17.1 Å². The predicted molar refractivity (Wildman–Crippen MR) is 87.2 cm³/mol. The maximum atomic E-state index is 13.0. The number of carboxylic acids is 1. The average Bonchev–Trinajstić information content (AvgIpc) is 3.18. The van der Waals surface area contributed by atoms with Gasteiger partial charge in [0.05, 0.1) is 11.7 Å². The summed E-state index contributed by atoms with van der Waals surface area (Å²) in [6.45, 7) is 0.325. The van der Waals surface area contributed by atoms with E-state index in [1.54, 1.807) is 0 Å². The highest BCUT2D eigenvalue weighted by Crippen LogP contribution is 2.40. The molecule has 1 aromatic rings. The van der Waals surface area contributed by atoms with Gasteiger partial charge in [-0.3, -0.25) is 4.79 Å². The summed E-state index contributed by atoms with van der Waals surface area (Å²) in [5, 5.41) is 9.48. The quantitative estimate of drug-likeness (QED) is 0.880. The van der Waals surface area contributed by atoms with Gasteiger partial charge in [0.15, 0.2) is 0 Å². The van der Waals surface area contributed by atoms with Crippen molar-refractivity contribution in [1.29, 1.82) is 0 Å². The molecule has 0 amide bonds. The van der Waals surface area contributed by atoms with Crippen LogP contribution < -0.4 is 0 Å². The molecule has 2 aliphatic rings. The van der Waals surface area contributed by atoms with Gasteiger partial charge < -0.3 is 5.11 Å². The Labute approximate surface area is 141 Å². The van der Waals surface area contributed by atoms with Crippen molar-refractivity contribution in [3.05, 3.63) is 35.6 Å². The Bertz CT molecular complexity index is 698. The Morgan fingerprint density at radius 1 is 1.17 bits per heavy atom. The highest BCUT2D eigenvalue weighted by atomic mass is 32.2. The fourth-order valence-corrected chi connectivity index (χ4v) is 5.61. The third-order valence-electron chi connectivity index (χ3n) is 5.31. The lowest BCUT2D eigenvalue weighted by Crippen LogP contribution is -2.31. The summed E-state index contributed by atoms with van der Waals surface area (Å²) < 4.78 is 39.6. The minimum atomic E-state index is -3.61. The van der Waals surface area contributed by atoms with Crippen LogP contribution in [-0.2, 0) is 20.6 Å². The number of aliphatic carboxylic acids is 1. The van der Waals surface area contributed by atoms with E-state index in [1.807, 2.05) is 0 Å². The smallest absolute Gasteiger partial charge is 0.308 e. The molecule has 7 heteroatoms. The van der Waals surface area contributed by atoms with Gasteiger partial charge in [0.25, 0.3) is 0 Å². The zero-order valence-corrected chi connectivity index (χ0v) is 14.2. The summed E-state index contributed by atoms with van der Waals surface area (Å²) in [7, 11) is -3.61. The van der Waals surface area contributed by atoms with E-state index in [1.165, 1.54) is 28.6 Å². The number of carbonyl (C=O) groups is 1. The maximum absolute atomic E-state index is 13.0. The molecule has 2 atom stereocenters. The summed E-state index contributed by atoms with van der Waals surface area (Å²) in [6.07, 6.45) is 4.16. The number of rotatable bonds is 5. The van der Waals surface area contributed by atoms with Gasteiger partial charge in [0, 0.05) is 13.1 Å². The van der Waals surface area contributed by atoms with Crippen LogP contribution in [0, 0.1) is 23.6 Å². The van der Waals surface area contributed by atoms with Gasteiger partial charge in [-0.2, -0.15) is 0 Å². The third-order valence-corrected chi connectivity index (χ3v) is 7.09. The lowest BCUT2D eigenvalue weighted by Gasteiger charge is -2.21. The second kappa shape index (κ2) is 6.80. The Hall–Kier alpha value is -1.47.